The Morgan fingerprint density at radius 2 is 2.21 bits per heavy atom. The van der Waals surface area contributed by atoms with Crippen LogP contribution in [0.1, 0.15) is 18.0 Å². The highest BCUT2D eigenvalue weighted by Crippen LogP contribution is 2.22. The van der Waals surface area contributed by atoms with Gasteiger partial charge in [-0.05, 0) is 25.1 Å². The van der Waals surface area contributed by atoms with Gasteiger partial charge in [0.25, 0.3) is 0 Å². The van der Waals surface area contributed by atoms with Crippen LogP contribution in [0, 0.1) is 0 Å². The zero-order valence-electron chi connectivity index (χ0n) is 10.7. The number of aromatic nitrogens is 1. The monoisotopic (exact) mass is 277 g/mol. The molecule has 100 valence electrons. The standard InChI is InChI=1S/C13H15N3O2S/c1-9(12-14-6-7-19-12)15-10-4-3-5-11(8-10)16-13(17)18-2/h3-9,15H,1-2H3,(H,16,17). The van der Waals surface area contributed by atoms with Gasteiger partial charge in [0.1, 0.15) is 5.01 Å². The van der Waals surface area contributed by atoms with E-state index in [0.717, 1.165) is 10.7 Å². The fourth-order valence-corrected chi connectivity index (χ4v) is 2.26. The molecule has 1 atom stereocenters. The van der Waals surface area contributed by atoms with Crippen molar-refractivity contribution in [2.24, 2.45) is 0 Å². The second-order valence-electron chi connectivity index (χ2n) is 3.93. The van der Waals surface area contributed by atoms with Gasteiger partial charge < -0.3 is 10.1 Å². The molecule has 1 amide bonds. The number of rotatable bonds is 4. The number of benzene rings is 1. The first-order valence-corrected chi connectivity index (χ1v) is 6.68. The predicted octanol–water partition coefficient (Wildman–Crippen LogP) is 3.49. The number of thiazole rings is 1. The van der Waals surface area contributed by atoms with Gasteiger partial charge in [-0.2, -0.15) is 0 Å². The van der Waals surface area contributed by atoms with Gasteiger partial charge in [-0.25, -0.2) is 9.78 Å². The van der Waals surface area contributed by atoms with Crippen LogP contribution in [0.2, 0.25) is 0 Å². The third kappa shape index (κ3) is 3.69. The average Bonchev–Trinajstić information content (AvgIpc) is 2.93. The summed E-state index contributed by atoms with van der Waals surface area (Å²) < 4.78 is 4.56. The first-order valence-electron chi connectivity index (χ1n) is 5.80. The van der Waals surface area contributed by atoms with Gasteiger partial charge in [-0.1, -0.05) is 6.07 Å². The maximum atomic E-state index is 11.1. The molecule has 1 aromatic carbocycles. The quantitative estimate of drug-likeness (QED) is 0.898. The molecular weight excluding hydrogens is 262 g/mol. The summed E-state index contributed by atoms with van der Waals surface area (Å²) in [5, 5.41) is 8.92. The molecule has 0 radical (unpaired) electrons. The summed E-state index contributed by atoms with van der Waals surface area (Å²) in [5.41, 5.74) is 1.60. The Morgan fingerprint density at radius 3 is 2.89 bits per heavy atom. The van der Waals surface area contributed by atoms with E-state index in [1.807, 2.05) is 30.5 Å². The van der Waals surface area contributed by atoms with Crippen LogP contribution in [0.3, 0.4) is 0 Å². The van der Waals surface area contributed by atoms with Gasteiger partial charge >= 0.3 is 6.09 Å². The second kappa shape index (κ2) is 6.19. The molecule has 0 aliphatic heterocycles. The number of ether oxygens (including phenoxy) is 1. The zero-order valence-corrected chi connectivity index (χ0v) is 11.5. The van der Waals surface area contributed by atoms with Crippen LogP contribution in [-0.4, -0.2) is 18.2 Å². The van der Waals surface area contributed by atoms with Crippen LogP contribution in [0.25, 0.3) is 0 Å². The van der Waals surface area contributed by atoms with E-state index in [4.69, 9.17) is 0 Å². The van der Waals surface area contributed by atoms with E-state index >= 15 is 0 Å². The third-order valence-electron chi connectivity index (χ3n) is 2.50. The molecule has 0 spiro atoms. The number of carbonyl (C=O) groups is 1. The normalized spacial score (nSPS) is 11.7. The summed E-state index contributed by atoms with van der Waals surface area (Å²) in [6.07, 6.45) is 1.30. The van der Waals surface area contributed by atoms with Crippen molar-refractivity contribution < 1.29 is 9.53 Å². The smallest absolute Gasteiger partial charge is 0.411 e. The van der Waals surface area contributed by atoms with Crippen LogP contribution >= 0.6 is 11.3 Å². The first kappa shape index (κ1) is 13.4. The lowest BCUT2D eigenvalue weighted by atomic mass is 10.2. The molecule has 1 aromatic heterocycles. The van der Waals surface area contributed by atoms with Crippen molar-refractivity contribution in [3.8, 4) is 0 Å². The Kier molecular flexibility index (Phi) is 4.35. The molecule has 2 aromatic rings. The Hall–Kier alpha value is -2.08. The summed E-state index contributed by atoms with van der Waals surface area (Å²) in [7, 11) is 1.34. The Labute approximate surface area is 115 Å². The van der Waals surface area contributed by atoms with Crippen molar-refractivity contribution in [1.82, 2.24) is 4.98 Å². The molecule has 5 nitrogen and oxygen atoms in total. The summed E-state index contributed by atoms with van der Waals surface area (Å²) in [5.74, 6) is 0. The largest absolute Gasteiger partial charge is 0.453 e. The Bertz CT molecular complexity index is 543. The highest BCUT2D eigenvalue weighted by atomic mass is 32.1. The van der Waals surface area contributed by atoms with Crippen LogP contribution < -0.4 is 10.6 Å². The van der Waals surface area contributed by atoms with Crippen molar-refractivity contribution >= 4 is 28.8 Å². The van der Waals surface area contributed by atoms with E-state index in [0.29, 0.717) is 5.69 Å². The van der Waals surface area contributed by atoms with Gasteiger partial charge in [-0.15, -0.1) is 11.3 Å². The predicted molar refractivity (Wildman–Crippen MR) is 76.6 cm³/mol. The van der Waals surface area contributed by atoms with Crippen molar-refractivity contribution in [2.45, 2.75) is 13.0 Å². The van der Waals surface area contributed by atoms with Gasteiger partial charge in [0, 0.05) is 23.0 Å². The lowest BCUT2D eigenvalue weighted by Gasteiger charge is -2.13. The van der Waals surface area contributed by atoms with Gasteiger partial charge in [0.2, 0.25) is 0 Å². The minimum Gasteiger partial charge on any atom is -0.453 e. The van der Waals surface area contributed by atoms with Gasteiger partial charge in [-0.3, -0.25) is 5.32 Å². The van der Waals surface area contributed by atoms with Crippen molar-refractivity contribution in [3.05, 3.63) is 40.8 Å². The summed E-state index contributed by atoms with van der Waals surface area (Å²) in [4.78, 5) is 15.4. The minimum atomic E-state index is -0.481. The summed E-state index contributed by atoms with van der Waals surface area (Å²) in [6, 6.07) is 7.57. The average molecular weight is 277 g/mol. The number of carbonyl (C=O) groups excluding carboxylic acids is 1. The number of hydrogen-bond donors (Lipinski definition) is 2. The SMILES string of the molecule is COC(=O)Nc1cccc(NC(C)c2nccs2)c1. The molecule has 0 bridgehead atoms. The number of methoxy groups -OCH3 is 1. The van der Waals surface area contributed by atoms with Gasteiger partial charge in [0.05, 0.1) is 13.2 Å². The maximum absolute atomic E-state index is 11.1. The Morgan fingerprint density at radius 1 is 1.42 bits per heavy atom. The minimum absolute atomic E-state index is 0.119. The molecule has 0 saturated heterocycles. The highest BCUT2D eigenvalue weighted by molar-refractivity contribution is 7.09. The fourth-order valence-electron chi connectivity index (χ4n) is 1.62. The van der Waals surface area contributed by atoms with E-state index in [1.54, 1.807) is 23.6 Å². The molecule has 0 aliphatic carbocycles. The second-order valence-corrected chi connectivity index (χ2v) is 4.86. The van der Waals surface area contributed by atoms with Crippen LogP contribution in [-0.2, 0) is 4.74 Å². The van der Waals surface area contributed by atoms with E-state index in [-0.39, 0.29) is 6.04 Å². The molecule has 1 heterocycles. The van der Waals surface area contributed by atoms with E-state index in [1.165, 1.54) is 7.11 Å². The van der Waals surface area contributed by atoms with Crippen LogP contribution in [0.4, 0.5) is 16.2 Å². The molecule has 2 rings (SSSR count). The number of nitrogens with one attached hydrogen (secondary N) is 2. The lowest BCUT2D eigenvalue weighted by molar-refractivity contribution is 0.187. The van der Waals surface area contributed by atoms with E-state index in [2.05, 4.69) is 20.4 Å². The Balaban J connectivity index is 2.04. The molecule has 19 heavy (non-hydrogen) atoms. The molecule has 2 N–H and O–H groups in total. The summed E-state index contributed by atoms with van der Waals surface area (Å²) >= 11 is 1.61. The molecule has 1 unspecified atom stereocenters. The van der Waals surface area contributed by atoms with Crippen LogP contribution in [0.5, 0.6) is 0 Å². The first-order chi connectivity index (χ1) is 9.19. The summed E-state index contributed by atoms with van der Waals surface area (Å²) in [6.45, 7) is 2.04. The van der Waals surface area contributed by atoms with E-state index in [9.17, 15) is 4.79 Å². The molecule has 0 saturated carbocycles. The van der Waals surface area contributed by atoms with E-state index < -0.39 is 6.09 Å². The molecule has 6 heteroatoms. The number of nitrogens with zero attached hydrogens (tertiary/aromatic N) is 1. The van der Waals surface area contributed by atoms with Crippen molar-refractivity contribution in [2.75, 3.05) is 17.7 Å². The third-order valence-corrected chi connectivity index (χ3v) is 3.46. The lowest BCUT2D eigenvalue weighted by Crippen LogP contribution is -2.11. The number of hydrogen-bond acceptors (Lipinski definition) is 5. The van der Waals surface area contributed by atoms with Crippen LogP contribution in [0.15, 0.2) is 35.8 Å². The molecule has 0 aliphatic rings. The zero-order chi connectivity index (χ0) is 13.7. The topological polar surface area (TPSA) is 63.2 Å². The van der Waals surface area contributed by atoms with Crippen molar-refractivity contribution in [1.29, 1.82) is 0 Å². The molecule has 0 fully saturated rings. The molecular formula is C13H15N3O2S. The highest BCUT2D eigenvalue weighted by Gasteiger charge is 2.08. The number of anilines is 2. The number of amides is 1. The van der Waals surface area contributed by atoms with Crippen molar-refractivity contribution in [3.63, 3.8) is 0 Å². The van der Waals surface area contributed by atoms with Gasteiger partial charge in [0.15, 0.2) is 0 Å². The maximum Gasteiger partial charge on any atom is 0.411 e. The fraction of sp³-hybridized carbons (Fsp3) is 0.231.